The number of ether oxygens (including phenoxy) is 1. The molecule has 1 aromatic heterocycles. The number of benzene rings is 2. The van der Waals surface area contributed by atoms with Gasteiger partial charge in [-0.3, -0.25) is 14.2 Å². The van der Waals surface area contributed by atoms with Crippen LogP contribution in [0.1, 0.15) is 12.6 Å². The van der Waals surface area contributed by atoms with E-state index >= 15 is 0 Å². The molecule has 1 unspecified atom stereocenters. The van der Waals surface area contributed by atoms with E-state index in [-0.39, 0.29) is 17.2 Å². The number of carbonyl (C=O) groups is 1. The van der Waals surface area contributed by atoms with Crippen LogP contribution >= 0.6 is 23.5 Å². The van der Waals surface area contributed by atoms with E-state index in [1.54, 1.807) is 35.6 Å². The number of para-hydroxylation sites is 1. The molecule has 0 saturated carbocycles. The highest BCUT2D eigenvalue weighted by Crippen LogP contribution is 2.34. The molecule has 0 spiro atoms. The van der Waals surface area contributed by atoms with Crippen LogP contribution in [-0.2, 0) is 11.2 Å². The van der Waals surface area contributed by atoms with E-state index in [0.29, 0.717) is 26.7 Å². The Morgan fingerprint density at radius 1 is 1.27 bits per heavy atom. The fourth-order valence-corrected chi connectivity index (χ4v) is 5.15. The summed E-state index contributed by atoms with van der Waals surface area (Å²) >= 11 is 2.83. The molecule has 1 aliphatic rings. The van der Waals surface area contributed by atoms with E-state index in [2.05, 4.69) is 12.2 Å². The van der Waals surface area contributed by atoms with Crippen LogP contribution in [0.2, 0.25) is 0 Å². The molecule has 0 bridgehead atoms. The van der Waals surface area contributed by atoms with Gasteiger partial charge in [-0.1, -0.05) is 43.0 Å². The van der Waals surface area contributed by atoms with Gasteiger partial charge in [0.15, 0.2) is 5.16 Å². The highest BCUT2D eigenvalue weighted by atomic mass is 32.2. The number of nitrogens with zero attached hydrogens (tertiary/aromatic N) is 2. The molecule has 1 N–H and O–H groups in total. The van der Waals surface area contributed by atoms with Crippen LogP contribution < -0.4 is 15.6 Å². The number of nitrogens with one attached hydrogen (secondary N) is 1. The topological polar surface area (TPSA) is 73.2 Å². The first-order chi connectivity index (χ1) is 14.5. The van der Waals surface area contributed by atoms with Gasteiger partial charge in [-0.25, -0.2) is 4.98 Å². The van der Waals surface area contributed by atoms with Gasteiger partial charge in [-0.05, 0) is 24.3 Å². The maximum Gasteiger partial charge on any atom is 0.272 e. The van der Waals surface area contributed by atoms with Crippen molar-refractivity contribution in [2.75, 3.05) is 18.2 Å². The minimum atomic E-state index is -0.176. The van der Waals surface area contributed by atoms with Gasteiger partial charge < -0.3 is 10.1 Å². The largest absolute Gasteiger partial charge is 0.497 e. The molecule has 0 aliphatic carbocycles. The predicted octanol–water partition coefficient (Wildman–Crippen LogP) is 4.01. The minimum absolute atomic E-state index is 0.0729. The van der Waals surface area contributed by atoms with Crippen molar-refractivity contribution < 1.29 is 9.53 Å². The number of fused-ring (bicyclic) bond motifs is 1. The Balaban J connectivity index is 1.59. The van der Waals surface area contributed by atoms with Gasteiger partial charge in [0.25, 0.3) is 5.56 Å². The van der Waals surface area contributed by atoms with Gasteiger partial charge in [0.2, 0.25) is 5.91 Å². The monoisotopic (exact) mass is 439 g/mol. The maximum atomic E-state index is 13.2. The number of aromatic nitrogens is 2. The van der Waals surface area contributed by atoms with E-state index in [0.717, 1.165) is 17.8 Å². The number of rotatable bonds is 6. The lowest BCUT2D eigenvalue weighted by molar-refractivity contribution is -0.113. The lowest BCUT2D eigenvalue weighted by Gasteiger charge is -2.13. The summed E-state index contributed by atoms with van der Waals surface area (Å²) in [5.41, 5.74) is 2.15. The summed E-state index contributed by atoms with van der Waals surface area (Å²) in [6.07, 6.45) is 0.758. The zero-order valence-electron chi connectivity index (χ0n) is 16.6. The molecule has 1 aliphatic heterocycles. The molecule has 2 heterocycles. The third-order valence-corrected chi connectivity index (χ3v) is 6.73. The van der Waals surface area contributed by atoms with Gasteiger partial charge >= 0.3 is 0 Å². The van der Waals surface area contributed by atoms with E-state index in [1.165, 1.54) is 11.8 Å². The summed E-state index contributed by atoms with van der Waals surface area (Å²) in [5, 5.41) is 3.71. The third-order valence-electron chi connectivity index (χ3n) is 4.58. The zero-order chi connectivity index (χ0) is 21.1. The average molecular weight is 440 g/mol. The molecule has 1 atom stereocenters. The normalized spacial score (nSPS) is 14.9. The standard InChI is InChI=1S/C22H21N3O3S2/c1-14-11-18-20(30-14)21(27)25(16-8-4-3-5-9-16)22(24-18)29-13-19(26)23-15-7-6-10-17(12-15)28-2/h3-10,12,14H,11,13H2,1-2H3,(H,23,26). The second-order valence-corrected chi connectivity index (χ2v) is 9.24. The summed E-state index contributed by atoms with van der Waals surface area (Å²) in [6, 6.07) is 16.6. The first-order valence-corrected chi connectivity index (χ1v) is 11.4. The Morgan fingerprint density at radius 2 is 2.07 bits per heavy atom. The molecule has 1 amide bonds. The van der Waals surface area contributed by atoms with Crippen molar-refractivity contribution in [3.63, 3.8) is 0 Å². The van der Waals surface area contributed by atoms with Crippen LogP contribution in [0.3, 0.4) is 0 Å². The van der Waals surface area contributed by atoms with Gasteiger partial charge in [0, 0.05) is 23.4 Å². The van der Waals surface area contributed by atoms with Gasteiger partial charge in [0.1, 0.15) is 5.75 Å². The second kappa shape index (κ2) is 8.97. The van der Waals surface area contributed by atoms with Crippen LogP contribution in [0.4, 0.5) is 5.69 Å². The third kappa shape index (κ3) is 4.39. The van der Waals surface area contributed by atoms with Crippen LogP contribution in [0.25, 0.3) is 5.69 Å². The number of methoxy groups -OCH3 is 1. The quantitative estimate of drug-likeness (QED) is 0.462. The number of amides is 1. The maximum absolute atomic E-state index is 13.2. The number of thioether (sulfide) groups is 2. The van der Waals surface area contributed by atoms with Crippen molar-refractivity contribution in [3.05, 3.63) is 70.6 Å². The van der Waals surface area contributed by atoms with E-state index in [4.69, 9.17) is 9.72 Å². The SMILES string of the molecule is COc1cccc(NC(=O)CSc2nc3c(c(=O)n2-c2ccccc2)SC(C)C3)c1. The molecule has 6 nitrogen and oxygen atoms in total. The van der Waals surface area contributed by atoms with Crippen molar-refractivity contribution in [1.82, 2.24) is 9.55 Å². The van der Waals surface area contributed by atoms with Gasteiger partial charge in [-0.2, -0.15) is 0 Å². The van der Waals surface area contributed by atoms with Gasteiger partial charge in [0.05, 0.1) is 29.1 Å². The minimum Gasteiger partial charge on any atom is -0.497 e. The molecule has 0 fully saturated rings. The molecule has 8 heteroatoms. The number of anilines is 1. The molecule has 0 saturated heterocycles. The first kappa shape index (κ1) is 20.6. The van der Waals surface area contributed by atoms with Crippen molar-refractivity contribution in [2.24, 2.45) is 0 Å². The van der Waals surface area contributed by atoms with Crippen LogP contribution in [0.5, 0.6) is 5.75 Å². The summed E-state index contributed by atoms with van der Waals surface area (Å²) in [4.78, 5) is 31.2. The van der Waals surface area contributed by atoms with Crippen LogP contribution in [-0.4, -0.2) is 33.6 Å². The van der Waals surface area contributed by atoms with Crippen molar-refractivity contribution in [3.8, 4) is 11.4 Å². The molecule has 2 aromatic carbocycles. The molecule has 4 rings (SSSR count). The number of hydrogen-bond acceptors (Lipinski definition) is 6. The predicted molar refractivity (Wildman–Crippen MR) is 121 cm³/mol. The van der Waals surface area contributed by atoms with Crippen LogP contribution in [0.15, 0.2) is 69.4 Å². The Kier molecular flexibility index (Phi) is 6.15. The molecular weight excluding hydrogens is 418 g/mol. The highest BCUT2D eigenvalue weighted by molar-refractivity contribution is 8.00. The van der Waals surface area contributed by atoms with E-state index in [1.807, 2.05) is 42.5 Å². The number of hydrogen-bond donors (Lipinski definition) is 1. The van der Waals surface area contributed by atoms with Gasteiger partial charge in [-0.15, -0.1) is 11.8 Å². The lowest BCUT2D eigenvalue weighted by atomic mass is 10.2. The Morgan fingerprint density at radius 3 is 2.83 bits per heavy atom. The van der Waals surface area contributed by atoms with Crippen molar-refractivity contribution >= 4 is 35.1 Å². The fraction of sp³-hybridized carbons (Fsp3) is 0.227. The Hall–Kier alpha value is -2.71. The Bertz CT molecular complexity index is 1130. The summed E-state index contributed by atoms with van der Waals surface area (Å²) in [7, 11) is 1.58. The van der Waals surface area contributed by atoms with Crippen molar-refractivity contribution in [2.45, 2.75) is 28.6 Å². The fourth-order valence-electron chi connectivity index (χ4n) is 3.23. The molecule has 3 aromatic rings. The molecule has 0 radical (unpaired) electrons. The molecule has 154 valence electrons. The van der Waals surface area contributed by atoms with E-state index in [9.17, 15) is 9.59 Å². The number of carbonyl (C=O) groups excluding carboxylic acids is 1. The first-order valence-electron chi connectivity index (χ1n) is 9.50. The average Bonchev–Trinajstić information content (AvgIpc) is 3.13. The molecular formula is C22H21N3O3S2. The van der Waals surface area contributed by atoms with E-state index < -0.39 is 0 Å². The summed E-state index contributed by atoms with van der Waals surface area (Å²) in [5.74, 6) is 0.633. The second-order valence-electron chi connectivity index (χ2n) is 6.85. The zero-order valence-corrected chi connectivity index (χ0v) is 18.3. The molecule has 30 heavy (non-hydrogen) atoms. The highest BCUT2D eigenvalue weighted by Gasteiger charge is 2.27. The summed E-state index contributed by atoms with van der Waals surface area (Å²) < 4.78 is 6.79. The smallest absolute Gasteiger partial charge is 0.272 e. The lowest BCUT2D eigenvalue weighted by Crippen LogP contribution is -2.24. The van der Waals surface area contributed by atoms with Crippen molar-refractivity contribution in [1.29, 1.82) is 0 Å². The van der Waals surface area contributed by atoms with Crippen LogP contribution in [0, 0.1) is 0 Å². The summed E-state index contributed by atoms with van der Waals surface area (Å²) in [6.45, 7) is 2.09. The Labute approximate surface area is 183 Å².